The predicted molar refractivity (Wildman–Crippen MR) is 66.9 cm³/mol. The van der Waals surface area contributed by atoms with Crippen molar-refractivity contribution in [1.29, 1.82) is 0 Å². The van der Waals surface area contributed by atoms with Gasteiger partial charge in [0.1, 0.15) is 6.20 Å². The standard InChI is InChI=1S/C12H9ClN3O3/c13-12-14-6-1-7-15(12)8-11(17)9-2-4-10(5-3-9)16(18)19/h1-7H,8H2/q+1. The monoisotopic (exact) mass is 278 g/mol. The summed E-state index contributed by atoms with van der Waals surface area (Å²) in [6.07, 6.45) is 3.16. The van der Waals surface area contributed by atoms with Crippen LogP contribution in [0.4, 0.5) is 5.69 Å². The molecule has 7 heteroatoms. The maximum atomic E-state index is 12.0. The molecule has 6 nitrogen and oxygen atoms in total. The Kier molecular flexibility index (Phi) is 3.82. The molecule has 0 saturated carbocycles. The molecule has 1 aromatic carbocycles. The van der Waals surface area contributed by atoms with Gasteiger partial charge in [0.05, 0.1) is 11.1 Å². The molecule has 1 heterocycles. The molecular formula is C12H9ClN3O3+. The van der Waals surface area contributed by atoms with Crippen molar-refractivity contribution < 1.29 is 14.3 Å². The average molecular weight is 279 g/mol. The number of hydrogen-bond acceptors (Lipinski definition) is 4. The number of benzene rings is 1. The summed E-state index contributed by atoms with van der Waals surface area (Å²) in [5.41, 5.74) is 0.335. The van der Waals surface area contributed by atoms with E-state index in [0.717, 1.165) is 0 Å². The predicted octanol–water partition coefficient (Wildman–Crippen LogP) is 1.81. The lowest BCUT2D eigenvalue weighted by molar-refractivity contribution is -0.683. The van der Waals surface area contributed by atoms with Crippen LogP contribution in [0.5, 0.6) is 0 Å². The molecule has 0 bridgehead atoms. The minimum absolute atomic E-state index is 0.0322. The van der Waals surface area contributed by atoms with Gasteiger partial charge in [0.25, 0.3) is 5.69 Å². The van der Waals surface area contributed by atoms with Crippen molar-refractivity contribution in [2.24, 2.45) is 0 Å². The lowest BCUT2D eigenvalue weighted by Gasteiger charge is -2.00. The van der Waals surface area contributed by atoms with Crippen LogP contribution in [-0.2, 0) is 6.54 Å². The van der Waals surface area contributed by atoms with Crippen molar-refractivity contribution in [2.45, 2.75) is 6.54 Å². The zero-order valence-electron chi connectivity index (χ0n) is 9.69. The van der Waals surface area contributed by atoms with Crippen LogP contribution in [0.1, 0.15) is 10.4 Å². The number of carbonyl (C=O) groups excluding carboxylic acids is 1. The molecule has 0 aliphatic rings. The second-order valence-electron chi connectivity index (χ2n) is 3.74. The van der Waals surface area contributed by atoms with Crippen LogP contribution in [0.2, 0.25) is 5.28 Å². The molecule has 0 spiro atoms. The number of Topliss-reactive ketones (excluding diaryl/α,β-unsaturated/α-hetero) is 1. The molecule has 0 saturated heterocycles. The van der Waals surface area contributed by atoms with Gasteiger partial charge < -0.3 is 0 Å². The first-order valence-corrected chi connectivity index (χ1v) is 5.73. The summed E-state index contributed by atoms with van der Waals surface area (Å²) in [7, 11) is 0. The molecule has 0 radical (unpaired) electrons. The van der Waals surface area contributed by atoms with Crippen molar-refractivity contribution in [1.82, 2.24) is 4.98 Å². The highest BCUT2D eigenvalue weighted by molar-refractivity contribution is 6.27. The molecule has 96 valence electrons. The number of aromatic nitrogens is 2. The maximum absolute atomic E-state index is 12.0. The average Bonchev–Trinajstić information content (AvgIpc) is 2.41. The van der Waals surface area contributed by atoms with Crippen molar-refractivity contribution in [3.05, 3.63) is 63.7 Å². The van der Waals surface area contributed by atoms with Crippen molar-refractivity contribution in [3.63, 3.8) is 0 Å². The molecule has 19 heavy (non-hydrogen) atoms. The smallest absolute Gasteiger partial charge is 0.290 e. The van der Waals surface area contributed by atoms with E-state index < -0.39 is 4.92 Å². The lowest BCUT2D eigenvalue weighted by Crippen LogP contribution is -2.39. The van der Waals surface area contributed by atoms with Crippen molar-refractivity contribution >= 4 is 23.1 Å². The Morgan fingerprint density at radius 2 is 2.05 bits per heavy atom. The molecule has 2 rings (SSSR count). The summed E-state index contributed by atoms with van der Waals surface area (Å²) in [5.74, 6) is -0.199. The summed E-state index contributed by atoms with van der Waals surface area (Å²) in [6.45, 7) is 0.0322. The quantitative estimate of drug-likeness (QED) is 0.281. The first-order valence-electron chi connectivity index (χ1n) is 5.35. The van der Waals surface area contributed by atoms with Crippen LogP contribution in [0.25, 0.3) is 0 Å². The Morgan fingerprint density at radius 3 is 2.63 bits per heavy atom. The van der Waals surface area contributed by atoms with Crippen molar-refractivity contribution in [3.8, 4) is 0 Å². The minimum Gasteiger partial charge on any atom is -0.290 e. The third-order valence-corrected chi connectivity index (χ3v) is 2.80. The minimum atomic E-state index is -0.513. The highest BCUT2D eigenvalue weighted by Gasteiger charge is 2.15. The largest absolute Gasteiger partial charge is 0.396 e. The van der Waals surface area contributed by atoms with Gasteiger partial charge in [-0.1, -0.05) is 0 Å². The van der Waals surface area contributed by atoms with E-state index in [2.05, 4.69) is 4.98 Å². The number of rotatable bonds is 4. The lowest BCUT2D eigenvalue weighted by atomic mass is 10.1. The molecule has 0 aliphatic heterocycles. The van der Waals surface area contributed by atoms with Gasteiger partial charge >= 0.3 is 5.28 Å². The second kappa shape index (κ2) is 5.53. The fourth-order valence-corrected chi connectivity index (χ4v) is 1.69. The molecule has 0 fully saturated rings. The number of nitrogens with zero attached hydrogens (tertiary/aromatic N) is 3. The molecule has 0 aliphatic carbocycles. The third kappa shape index (κ3) is 3.11. The summed E-state index contributed by atoms with van der Waals surface area (Å²) in [4.78, 5) is 25.8. The van der Waals surface area contributed by atoms with E-state index in [-0.39, 0.29) is 23.3 Å². The van der Waals surface area contributed by atoms with E-state index in [1.165, 1.54) is 35.0 Å². The highest BCUT2D eigenvalue weighted by atomic mass is 35.5. The molecule has 0 atom stereocenters. The highest BCUT2D eigenvalue weighted by Crippen LogP contribution is 2.12. The SMILES string of the molecule is O=C(C[n+]1cccnc1Cl)c1ccc([N+](=O)[O-])cc1. The van der Waals surface area contributed by atoms with E-state index >= 15 is 0 Å². The van der Waals surface area contributed by atoms with E-state index in [1.54, 1.807) is 12.3 Å². The third-order valence-electron chi connectivity index (χ3n) is 2.48. The fourth-order valence-electron chi connectivity index (χ4n) is 1.52. The number of nitro benzene ring substituents is 1. The number of hydrogen-bond donors (Lipinski definition) is 0. The number of nitro groups is 1. The normalized spacial score (nSPS) is 10.2. The maximum Gasteiger partial charge on any atom is 0.396 e. The van der Waals surface area contributed by atoms with E-state index in [4.69, 9.17) is 11.6 Å². The molecule has 0 amide bonds. The molecule has 0 N–H and O–H groups in total. The van der Waals surface area contributed by atoms with Crippen LogP contribution in [-0.4, -0.2) is 15.7 Å². The van der Waals surface area contributed by atoms with Gasteiger partial charge in [-0.3, -0.25) is 14.9 Å². The Balaban J connectivity index is 2.16. The van der Waals surface area contributed by atoms with Gasteiger partial charge in [-0.05, 0) is 17.1 Å². The van der Waals surface area contributed by atoms with Crippen LogP contribution in [0.15, 0.2) is 42.7 Å². The Bertz CT molecular complexity index is 628. The van der Waals surface area contributed by atoms with Crippen molar-refractivity contribution in [2.75, 3.05) is 0 Å². The molecule has 1 aromatic heterocycles. The number of ketones is 1. The van der Waals surface area contributed by atoms with E-state index in [9.17, 15) is 14.9 Å². The first kappa shape index (κ1) is 13.1. The summed E-state index contributed by atoms with van der Waals surface area (Å²) in [5, 5.41) is 10.7. The Morgan fingerprint density at radius 1 is 1.37 bits per heavy atom. The topological polar surface area (TPSA) is 77.0 Å². The zero-order valence-corrected chi connectivity index (χ0v) is 10.4. The van der Waals surface area contributed by atoms with Crippen LogP contribution < -0.4 is 4.57 Å². The first-order chi connectivity index (χ1) is 9.08. The number of non-ortho nitro benzene ring substituents is 1. The van der Waals surface area contributed by atoms with Gasteiger partial charge in [0.15, 0.2) is 6.54 Å². The van der Waals surface area contributed by atoms with Gasteiger partial charge in [0.2, 0.25) is 5.78 Å². The van der Waals surface area contributed by atoms with E-state index in [0.29, 0.717) is 5.56 Å². The fraction of sp³-hybridized carbons (Fsp3) is 0.0833. The molecule has 2 aromatic rings. The van der Waals surface area contributed by atoms with E-state index in [1.807, 2.05) is 0 Å². The Labute approximate surface area is 113 Å². The summed E-state index contributed by atoms with van der Waals surface area (Å²) in [6, 6.07) is 7.09. The van der Waals surface area contributed by atoms with Gasteiger partial charge in [-0.2, -0.15) is 0 Å². The van der Waals surface area contributed by atoms with Gasteiger partial charge in [0, 0.05) is 35.4 Å². The van der Waals surface area contributed by atoms with Gasteiger partial charge in [-0.15, -0.1) is 0 Å². The number of halogens is 1. The van der Waals surface area contributed by atoms with Crippen LogP contribution in [0.3, 0.4) is 0 Å². The van der Waals surface area contributed by atoms with Gasteiger partial charge in [-0.25, -0.2) is 4.57 Å². The molecular weight excluding hydrogens is 270 g/mol. The zero-order chi connectivity index (χ0) is 13.8. The number of carbonyl (C=O) groups is 1. The summed E-state index contributed by atoms with van der Waals surface area (Å²) >= 11 is 5.83. The second-order valence-corrected chi connectivity index (χ2v) is 4.08. The molecule has 0 unspecified atom stereocenters. The van der Waals surface area contributed by atoms with Crippen LogP contribution >= 0.6 is 11.6 Å². The van der Waals surface area contributed by atoms with Crippen LogP contribution in [0, 0.1) is 10.1 Å². The summed E-state index contributed by atoms with van der Waals surface area (Å²) < 4.78 is 1.49. The Hall–Kier alpha value is -2.34.